The normalized spacial score (nSPS) is 10.6. The zero-order valence-electron chi connectivity index (χ0n) is 10.5. The van der Waals surface area contributed by atoms with E-state index in [2.05, 4.69) is 22.1 Å². The van der Waals surface area contributed by atoms with Crippen LogP contribution in [0.25, 0.3) is 0 Å². The van der Waals surface area contributed by atoms with Crippen molar-refractivity contribution in [3.63, 3.8) is 0 Å². The maximum Gasteiger partial charge on any atom is 0.217 e. The quantitative estimate of drug-likeness (QED) is 0.608. The molecule has 0 bridgehead atoms. The second-order valence-electron chi connectivity index (χ2n) is 4.12. The fourth-order valence-corrected chi connectivity index (χ4v) is 2.20. The first-order valence-corrected chi connectivity index (χ1v) is 6.89. The minimum absolute atomic E-state index is 0.131. The van der Waals surface area contributed by atoms with E-state index in [1.807, 2.05) is 32.0 Å². The van der Waals surface area contributed by atoms with Crippen LogP contribution in [0.5, 0.6) is 5.88 Å². The number of hydrogen-bond acceptors (Lipinski definition) is 4. The molecule has 0 amide bonds. The molecule has 1 heterocycles. The van der Waals surface area contributed by atoms with E-state index >= 15 is 0 Å². The summed E-state index contributed by atoms with van der Waals surface area (Å²) in [6.07, 6.45) is 1.87. The van der Waals surface area contributed by atoms with Gasteiger partial charge in [-0.25, -0.2) is 4.98 Å². The average Bonchev–Trinajstić information content (AvgIpc) is 2.37. The van der Waals surface area contributed by atoms with Crippen LogP contribution in [0.15, 0.2) is 47.8 Å². The van der Waals surface area contributed by atoms with Gasteiger partial charge in [0.1, 0.15) is 0 Å². The number of thioether (sulfide) groups is 1. The highest BCUT2D eigenvalue weighted by atomic mass is 32.2. The molecule has 2 rings (SSSR count). The van der Waals surface area contributed by atoms with Gasteiger partial charge in [-0.15, -0.1) is 0 Å². The molecule has 0 unspecified atom stereocenters. The molecule has 1 aromatic carbocycles. The summed E-state index contributed by atoms with van der Waals surface area (Å²) in [5.41, 5.74) is 1.27. The van der Waals surface area contributed by atoms with E-state index in [9.17, 15) is 0 Å². The van der Waals surface area contributed by atoms with E-state index in [1.165, 1.54) is 5.56 Å². The van der Waals surface area contributed by atoms with Crippen molar-refractivity contribution >= 4 is 11.8 Å². The average molecular weight is 260 g/mol. The van der Waals surface area contributed by atoms with Crippen LogP contribution >= 0.6 is 11.8 Å². The summed E-state index contributed by atoms with van der Waals surface area (Å²) in [6, 6.07) is 12.1. The number of aromatic nitrogens is 2. The Morgan fingerprint density at radius 1 is 1.17 bits per heavy atom. The largest absolute Gasteiger partial charge is 0.475 e. The molecule has 3 nitrogen and oxygen atoms in total. The Balaban J connectivity index is 1.97. The van der Waals surface area contributed by atoms with E-state index < -0.39 is 0 Å². The van der Waals surface area contributed by atoms with Crippen LogP contribution in [-0.2, 0) is 5.75 Å². The van der Waals surface area contributed by atoms with Gasteiger partial charge in [0, 0.05) is 18.0 Å². The van der Waals surface area contributed by atoms with E-state index in [4.69, 9.17) is 4.74 Å². The second kappa shape index (κ2) is 6.40. The summed E-state index contributed by atoms with van der Waals surface area (Å²) < 4.78 is 5.54. The summed E-state index contributed by atoms with van der Waals surface area (Å²) in [5.74, 6) is 1.50. The smallest absolute Gasteiger partial charge is 0.217 e. The Kier molecular flexibility index (Phi) is 4.59. The molecule has 0 N–H and O–H groups in total. The Morgan fingerprint density at radius 2 is 1.94 bits per heavy atom. The Hall–Kier alpha value is -1.55. The molecule has 0 saturated carbocycles. The van der Waals surface area contributed by atoms with Crippen LogP contribution in [0.4, 0.5) is 0 Å². The molecular formula is C14H16N2OS. The first-order valence-electron chi connectivity index (χ1n) is 5.90. The van der Waals surface area contributed by atoms with Crippen molar-refractivity contribution < 1.29 is 4.74 Å². The molecule has 0 atom stereocenters. The lowest BCUT2D eigenvalue weighted by Gasteiger charge is -2.08. The van der Waals surface area contributed by atoms with E-state index in [-0.39, 0.29) is 6.10 Å². The van der Waals surface area contributed by atoms with Crippen molar-refractivity contribution in [3.05, 3.63) is 48.2 Å². The highest BCUT2D eigenvalue weighted by Crippen LogP contribution is 2.20. The van der Waals surface area contributed by atoms with Crippen LogP contribution in [0.1, 0.15) is 19.4 Å². The van der Waals surface area contributed by atoms with Gasteiger partial charge in [0.05, 0.1) is 6.10 Å². The van der Waals surface area contributed by atoms with Gasteiger partial charge in [0.25, 0.3) is 0 Å². The Bertz CT molecular complexity index is 488. The van der Waals surface area contributed by atoms with Gasteiger partial charge in [0.2, 0.25) is 5.88 Å². The van der Waals surface area contributed by atoms with Gasteiger partial charge < -0.3 is 4.74 Å². The molecule has 0 spiro atoms. The molecule has 0 aliphatic rings. The minimum atomic E-state index is 0.131. The van der Waals surface area contributed by atoms with Crippen molar-refractivity contribution in [2.45, 2.75) is 30.9 Å². The lowest BCUT2D eigenvalue weighted by molar-refractivity contribution is 0.230. The molecule has 18 heavy (non-hydrogen) atoms. The maximum atomic E-state index is 5.54. The van der Waals surface area contributed by atoms with Crippen LogP contribution in [0, 0.1) is 0 Å². The van der Waals surface area contributed by atoms with Crippen molar-refractivity contribution in [3.8, 4) is 5.88 Å². The van der Waals surface area contributed by atoms with Crippen molar-refractivity contribution in [1.82, 2.24) is 9.97 Å². The number of rotatable bonds is 5. The highest BCUT2D eigenvalue weighted by molar-refractivity contribution is 7.98. The molecule has 2 aromatic rings. The lowest BCUT2D eigenvalue weighted by Crippen LogP contribution is -2.07. The van der Waals surface area contributed by atoms with E-state index in [1.54, 1.807) is 24.0 Å². The first-order chi connectivity index (χ1) is 8.74. The van der Waals surface area contributed by atoms with Crippen molar-refractivity contribution in [1.29, 1.82) is 0 Å². The predicted molar refractivity (Wildman–Crippen MR) is 73.8 cm³/mol. The fourth-order valence-electron chi connectivity index (χ4n) is 1.42. The van der Waals surface area contributed by atoms with Crippen LogP contribution in [-0.4, -0.2) is 16.1 Å². The zero-order chi connectivity index (χ0) is 12.8. The molecule has 0 radical (unpaired) electrons. The monoisotopic (exact) mass is 260 g/mol. The molecular weight excluding hydrogens is 244 g/mol. The molecule has 1 aromatic heterocycles. The number of hydrogen-bond donors (Lipinski definition) is 0. The number of nitrogens with zero attached hydrogens (tertiary/aromatic N) is 2. The topological polar surface area (TPSA) is 35.0 Å². The number of ether oxygens (including phenoxy) is 1. The first kappa shape index (κ1) is 12.9. The minimum Gasteiger partial charge on any atom is -0.475 e. The third-order valence-corrected chi connectivity index (χ3v) is 3.11. The van der Waals surface area contributed by atoms with Crippen molar-refractivity contribution in [2.24, 2.45) is 0 Å². The zero-order valence-corrected chi connectivity index (χ0v) is 11.4. The third-order valence-electron chi connectivity index (χ3n) is 2.18. The van der Waals surface area contributed by atoms with Gasteiger partial charge in [-0.2, -0.15) is 4.98 Å². The van der Waals surface area contributed by atoms with E-state index in [0.717, 1.165) is 10.9 Å². The summed E-state index contributed by atoms with van der Waals surface area (Å²) in [5, 5.41) is 0.747. The highest BCUT2D eigenvalue weighted by Gasteiger charge is 2.03. The maximum absolute atomic E-state index is 5.54. The Labute approximate surface area is 112 Å². The third kappa shape index (κ3) is 4.04. The summed E-state index contributed by atoms with van der Waals surface area (Å²) in [4.78, 5) is 8.59. The van der Waals surface area contributed by atoms with Gasteiger partial charge in [0.15, 0.2) is 5.16 Å². The second-order valence-corrected chi connectivity index (χ2v) is 5.06. The summed E-state index contributed by atoms with van der Waals surface area (Å²) >= 11 is 1.61. The predicted octanol–water partition coefficient (Wildman–Crippen LogP) is 3.56. The Morgan fingerprint density at radius 3 is 2.67 bits per heavy atom. The molecule has 0 saturated heterocycles. The summed E-state index contributed by atoms with van der Waals surface area (Å²) in [6.45, 7) is 3.97. The van der Waals surface area contributed by atoms with E-state index in [0.29, 0.717) is 5.88 Å². The molecule has 0 aliphatic carbocycles. The number of benzene rings is 1. The molecule has 0 fully saturated rings. The van der Waals surface area contributed by atoms with Crippen LogP contribution < -0.4 is 4.74 Å². The van der Waals surface area contributed by atoms with Gasteiger partial charge in [-0.3, -0.25) is 0 Å². The molecule has 0 aliphatic heterocycles. The summed E-state index contributed by atoms with van der Waals surface area (Å²) in [7, 11) is 0. The lowest BCUT2D eigenvalue weighted by atomic mass is 10.2. The standard InChI is InChI=1S/C14H16N2OS/c1-11(2)17-13-8-9-15-14(16-13)18-10-12-6-4-3-5-7-12/h3-9,11H,10H2,1-2H3. The molecule has 4 heteroatoms. The molecule has 94 valence electrons. The van der Waals surface area contributed by atoms with Gasteiger partial charge in [-0.05, 0) is 19.4 Å². The van der Waals surface area contributed by atoms with Crippen LogP contribution in [0.2, 0.25) is 0 Å². The fraction of sp³-hybridized carbons (Fsp3) is 0.286. The van der Waals surface area contributed by atoms with Crippen LogP contribution in [0.3, 0.4) is 0 Å². The van der Waals surface area contributed by atoms with Gasteiger partial charge >= 0.3 is 0 Å². The SMILES string of the molecule is CC(C)Oc1ccnc(SCc2ccccc2)n1. The van der Waals surface area contributed by atoms with Gasteiger partial charge in [-0.1, -0.05) is 42.1 Å². The van der Waals surface area contributed by atoms with Crippen molar-refractivity contribution in [2.75, 3.05) is 0 Å².